The van der Waals surface area contributed by atoms with Crippen LogP contribution in [-0.2, 0) is 0 Å². The largest absolute Gasteiger partial charge is 0.301 e. The Hall–Kier alpha value is -0.440. The van der Waals surface area contributed by atoms with Crippen molar-refractivity contribution in [3.8, 4) is 0 Å². The van der Waals surface area contributed by atoms with Crippen LogP contribution in [0.25, 0.3) is 0 Å². The number of nitroso groups, excluding NO2 is 1. The fourth-order valence-electron chi connectivity index (χ4n) is 1.30. The molecule has 0 aliphatic carbocycles. The molecule has 0 aromatic carbocycles. The molecule has 52 valence electrons. The van der Waals surface area contributed by atoms with Crippen molar-refractivity contribution in [3.63, 3.8) is 0 Å². The average molecular weight is 128 g/mol. The van der Waals surface area contributed by atoms with Gasteiger partial charge in [-0.1, -0.05) is 5.18 Å². The summed E-state index contributed by atoms with van der Waals surface area (Å²) in [6.07, 6.45) is 2.36. The van der Waals surface area contributed by atoms with E-state index in [1.165, 1.54) is 6.42 Å². The molecule has 0 aromatic heterocycles. The van der Waals surface area contributed by atoms with Crippen molar-refractivity contribution in [1.82, 2.24) is 4.90 Å². The highest BCUT2D eigenvalue weighted by atomic mass is 16.3. The molecule has 0 spiro atoms. The molecular weight excluding hydrogens is 116 g/mol. The molecule has 0 aromatic rings. The Labute approximate surface area is 55.0 Å². The third-order valence-corrected chi connectivity index (χ3v) is 1.96. The van der Waals surface area contributed by atoms with Crippen molar-refractivity contribution >= 4 is 0 Å². The molecule has 1 saturated heterocycles. The maximum absolute atomic E-state index is 9.83. The summed E-state index contributed by atoms with van der Waals surface area (Å²) in [6.45, 7) is 1.59. The molecule has 3 heteroatoms. The molecular formula is C6H12N2O. The lowest BCUT2D eigenvalue weighted by Gasteiger charge is -2.14. The number of rotatable bonds is 2. The lowest BCUT2D eigenvalue weighted by atomic mass is 10.2. The minimum absolute atomic E-state index is 0.433. The zero-order valence-electron chi connectivity index (χ0n) is 5.71. The normalized spacial score (nSPS) is 28.8. The monoisotopic (exact) mass is 128 g/mol. The Morgan fingerprint density at radius 2 is 2.56 bits per heavy atom. The van der Waals surface area contributed by atoms with E-state index in [4.69, 9.17) is 0 Å². The van der Waals surface area contributed by atoms with E-state index in [1.54, 1.807) is 0 Å². The zero-order chi connectivity index (χ0) is 6.69. The predicted molar refractivity (Wildman–Crippen MR) is 36.3 cm³/mol. The molecule has 1 unspecified atom stereocenters. The molecule has 1 aliphatic heterocycles. The van der Waals surface area contributed by atoms with Crippen molar-refractivity contribution in [1.29, 1.82) is 0 Å². The molecule has 1 heterocycles. The van der Waals surface area contributed by atoms with Crippen LogP contribution in [0.3, 0.4) is 0 Å². The molecule has 1 fully saturated rings. The first-order chi connectivity index (χ1) is 4.34. The Morgan fingerprint density at radius 3 is 3.00 bits per heavy atom. The third kappa shape index (κ3) is 1.48. The van der Waals surface area contributed by atoms with Gasteiger partial charge in [0.25, 0.3) is 0 Å². The van der Waals surface area contributed by atoms with Gasteiger partial charge < -0.3 is 4.90 Å². The number of hydrogen-bond acceptors (Lipinski definition) is 3. The van der Waals surface area contributed by atoms with Gasteiger partial charge in [0.15, 0.2) is 0 Å². The zero-order valence-corrected chi connectivity index (χ0v) is 5.71. The Morgan fingerprint density at radius 1 is 1.78 bits per heavy atom. The van der Waals surface area contributed by atoms with E-state index in [2.05, 4.69) is 10.1 Å². The summed E-state index contributed by atoms with van der Waals surface area (Å²) in [5.74, 6) is 0. The smallest absolute Gasteiger partial charge is 0.0966 e. The standard InChI is InChI=1S/C6H12N2O/c1-8-4-2-3-6(8)5-7-9/h6H,2-5H2,1H3. The van der Waals surface area contributed by atoms with Gasteiger partial charge in [-0.2, -0.15) is 4.91 Å². The summed E-state index contributed by atoms with van der Waals surface area (Å²) in [6, 6.07) is 0.433. The van der Waals surface area contributed by atoms with Gasteiger partial charge in [0.1, 0.15) is 0 Å². The molecule has 0 bridgehead atoms. The minimum Gasteiger partial charge on any atom is -0.301 e. The summed E-state index contributed by atoms with van der Waals surface area (Å²) in [5, 5.41) is 2.88. The first kappa shape index (κ1) is 6.68. The molecule has 0 saturated carbocycles. The fourth-order valence-corrected chi connectivity index (χ4v) is 1.30. The van der Waals surface area contributed by atoms with Gasteiger partial charge in [-0.3, -0.25) is 0 Å². The lowest BCUT2D eigenvalue weighted by molar-refractivity contribution is 0.317. The van der Waals surface area contributed by atoms with E-state index < -0.39 is 0 Å². The number of hydrogen-bond donors (Lipinski definition) is 0. The van der Waals surface area contributed by atoms with Crippen LogP contribution in [0.15, 0.2) is 5.18 Å². The number of likely N-dealkylation sites (tertiary alicyclic amines) is 1. The molecule has 1 aliphatic rings. The van der Waals surface area contributed by atoms with Crippen molar-refractivity contribution < 1.29 is 0 Å². The molecule has 0 N–H and O–H groups in total. The summed E-state index contributed by atoms with van der Waals surface area (Å²) >= 11 is 0. The van der Waals surface area contributed by atoms with Crippen LogP contribution in [-0.4, -0.2) is 31.1 Å². The van der Waals surface area contributed by atoms with Gasteiger partial charge in [-0.05, 0) is 26.4 Å². The van der Waals surface area contributed by atoms with E-state index >= 15 is 0 Å². The Kier molecular flexibility index (Phi) is 2.16. The first-order valence-electron chi connectivity index (χ1n) is 3.34. The molecule has 1 rings (SSSR count). The highest BCUT2D eigenvalue weighted by Gasteiger charge is 2.20. The SMILES string of the molecule is CN1CCCC1CN=O. The van der Waals surface area contributed by atoms with E-state index in [9.17, 15) is 4.91 Å². The summed E-state index contributed by atoms with van der Waals surface area (Å²) < 4.78 is 0. The number of nitrogens with zero attached hydrogens (tertiary/aromatic N) is 2. The highest BCUT2D eigenvalue weighted by Crippen LogP contribution is 2.14. The predicted octanol–water partition coefficient (Wildman–Crippen LogP) is 0.847. The van der Waals surface area contributed by atoms with Gasteiger partial charge in [0.05, 0.1) is 6.54 Å². The maximum atomic E-state index is 9.83. The van der Waals surface area contributed by atoms with Crippen molar-refractivity contribution in [3.05, 3.63) is 4.91 Å². The van der Waals surface area contributed by atoms with Crippen molar-refractivity contribution in [2.75, 3.05) is 20.1 Å². The molecule has 0 amide bonds. The summed E-state index contributed by atoms with van der Waals surface area (Å²) in [7, 11) is 2.04. The summed E-state index contributed by atoms with van der Waals surface area (Å²) in [5.41, 5.74) is 0. The van der Waals surface area contributed by atoms with Crippen LogP contribution in [0.4, 0.5) is 0 Å². The molecule has 3 nitrogen and oxygen atoms in total. The van der Waals surface area contributed by atoms with Crippen LogP contribution in [0, 0.1) is 4.91 Å². The van der Waals surface area contributed by atoms with Gasteiger partial charge >= 0.3 is 0 Å². The van der Waals surface area contributed by atoms with Gasteiger partial charge in [-0.15, -0.1) is 0 Å². The second-order valence-electron chi connectivity index (χ2n) is 2.59. The molecule has 9 heavy (non-hydrogen) atoms. The molecule has 1 atom stereocenters. The Balaban J connectivity index is 2.30. The van der Waals surface area contributed by atoms with E-state index in [0.717, 1.165) is 13.0 Å². The van der Waals surface area contributed by atoms with Gasteiger partial charge in [0, 0.05) is 6.04 Å². The summed E-state index contributed by atoms with van der Waals surface area (Å²) in [4.78, 5) is 12.0. The maximum Gasteiger partial charge on any atom is 0.0966 e. The average Bonchev–Trinajstić information content (AvgIpc) is 2.18. The number of likely N-dealkylation sites (N-methyl/N-ethyl adjacent to an activating group) is 1. The van der Waals surface area contributed by atoms with Crippen molar-refractivity contribution in [2.24, 2.45) is 5.18 Å². The Bertz CT molecular complexity index is 105. The van der Waals surface area contributed by atoms with Crippen LogP contribution in [0.1, 0.15) is 12.8 Å². The quantitative estimate of drug-likeness (QED) is 0.516. The highest BCUT2D eigenvalue weighted by molar-refractivity contribution is 4.77. The van der Waals surface area contributed by atoms with Crippen LogP contribution in [0.2, 0.25) is 0 Å². The van der Waals surface area contributed by atoms with Crippen LogP contribution < -0.4 is 0 Å². The minimum atomic E-state index is 0.433. The van der Waals surface area contributed by atoms with Crippen LogP contribution in [0.5, 0.6) is 0 Å². The lowest BCUT2D eigenvalue weighted by Crippen LogP contribution is -2.27. The van der Waals surface area contributed by atoms with E-state index in [-0.39, 0.29) is 0 Å². The van der Waals surface area contributed by atoms with E-state index in [0.29, 0.717) is 12.6 Å². The topological polar surface area (TPSA) is 32.7 Å². The van der Waals surface area contributed by atoms with Gasteiger partial charge in [-0.25, -0.2) is 0 Å². The van der Waals surface area contributed by atoms with Gasteiger partial charge in [0.2, 0.25) is 0 Å². The third-order valence-electron chi connectivity index (χ3n) is 1.96. The van der Waals surface area contributed by atoms with Crippen LogP contribution >= 0.6 is 0 Å². The second-order valence-corrected chi connectivity index (χ2v) is 2.59. The fraction of sp³-hybridized carbons (Fsp3) is 1.00. The second kappa shape index (κ2) is 2.92. The van der Waals surface area contributed by atoms with E-state index in [1.807, 2.05) is 7.05 Å². The molecule has 0 radical (unpaired) electrons. The van der Waals surface area contributed by atoms with Crippen molar-refractivity contribution in [2.45, 2.75) is 18.9 Å². The first-order valence-corrected chi connectivity index (χ1v) is 3.34.